The van der Waals surface area contributed by atoms with Gasteiger partial charge in [-0.15, -0.1) is 0 Å². The molecule has 1 fully saturated rings. The van der Waals surface area contributed by atoms with Gasteiger partial charge >= 0.3 is 0 Å². The summed E-state index contributed by atoms with van der Waals surface area (Å²) in [7, 11) is -3.19. The first-order chi connectivity index (χ1) is 7.56. The second-order valence-electron chi connectivity index (χ2n) is 4.34. The van der Waals surface area contributed by atoms with E-state index in [-0.39, 0.29) is 17.8 Å². The molecule has 4 heteroatoms. The highest BCUT2D eigenvalue weighted by Crippen LogP contribution is 2.49. The zero-order valence-electron chi connectivity index (χ0n) is 9.31. The van der Waals surface area contributed by atoms with Gasteiger partial charge in [-0.25, -0.2) is 8.42 Å². The van der Waals surface area contributed by atoms with E-state index >= 15 is 0 Å². The molecule has 16 heavy (non-hydrogen) atoms. The molecule has 0 heterocycles. The Hall–Kier alpha value is -0.870. The topological polar surface area (TPSA) is 54.4 Å². The first-order valence-corrected chi connectivity index (χ1v) is 7.14. The van der Waals surface area contributed by atoms with Crippen molar-refractivity contribution >= 4 is 9.84 Å². The van der Waals surface area contributed by atoms with Crippen LogP contribution in [0.25, 0.3) is 0 Å². The molecule has 3 nitrogen and oxygen atoms in total. The van der Waals surface area contributed by atoms with Crippen molar-refractivity contribution in [1.29, 1.82) is 0 Å². The smallest absolute Gasteiger partial charge is 0.178 e. The molecule has 0 spiro atoms. The fraction of sp³-hybridized carbons (Fsp3) is 0.500. The van der Waals surface area contributed by atoms with Crippen molar-refractivity contribution in [3.63, 3.8) is 0 Å². The lowest BCUT2D eigenvalue weighted by Crippen LogP contribution is -2.17. The maximum absolute atomic E-state index is 11.9. The van der Waals surface area contributed by atoms with Crippen molar-refractivity contribution in [1.82, 2.24) is 0 Å². The number of benzene rings is 1. The fourth-order valence-corrected chi connectivity index (χ4v) is 3.21. The molecule has 0 atom stereocenters. The Labute approximate surface area is 96.0 Å². The van der Waals surface area contributed by atoms with Gasteiger partial charge in [0.2, 0.25) is 0 Å². The summed E-state index contributed by atoms with van der Waals surface area (Å²) in [5.41, 5.74) is 0.498. The standard InChI is InChI=1S/C12H16O3S/c1-2-16(14,15)11-6-4-3-5-10(11)12(9-13)7-8-12/h3-6,13H,2,7-9H2,1H3. The molecule has 1 aliphatic rings. The highest BCUT2D eigenvalue weighted by Gasteiger charge is 2.46. The van der Waals surface area contributed by atoms with E-state index in [1.807, 2.05) is 12.1 Å². The molecule has 0 aromatic heterocycles. The molecule has 0 unspecified atom stereocenters. The molecule has 0 aliphatic heterocycles. The van der Waals surface area contributed by atoms with Crippen LogP contribution in [0.5, 0.6) is 0 Å². The van der Waals surface area contributed by atoms with Gasteiger partial charge in [0, 0.05) is 5.41 Å². The summed E-state index contributed by atoms with van der Waals surface area (Å²) in [6.45, 7) is 1.67. The van der Waals surface area contributed by atoms with Gasteiger partial charge in [-0.05, 0) is 24.5 Å². The number of aliphatic hydroxyl groups is 1. The summed E-state index contributed by atoms with van der Waals surface area (Å²) < 4.78 is 23.9. The van der Waals surface area contributed by atoms with Crippen LogP contribution in [0.2, 0.25) is 0 Å². The van der Waals surface area contributed by atoms with Crippen molar-refractivity contribution in [2.45, 2.75) is 30.1 Å². The third-order valence-electron chi connectivity index (χ3n) is 3.33. The maximum Gasteiger partial charge on any atom is 0.178 e. The predicted octanol–water partition coefficient (Wildman–Crippen LogP) is 1.50. The number of aliphatic hydroxyl groups excluding tert-OH is 1. The van der Waals surface area contributed by atoms with Crippen LogP contribution in [0.3, 0.4) is 0 Å². The minimum atomic E-state index is -3.19. The summed E-state index contributed by atoms with van der Waals surface area (Å²) in [5.74, 6) is 0.103. The summed E-state index contributed by atoms with van der Waals surface area (Å²) in [6, 6.07) is 7.04. The van der Waals surface area contributed by atoms with E-state index in [0.29, 0.717) is 4.90 Å². The number of rotatable bonds is 4. The van der Waals surface area contributed by atoms with Crippen LogP contribution in [-0.4, -0.2) is 25.9 Å². The van der Waals surface area contributed by atoms with Crippen LogP contribution >= 0.6 is 0 Å². The molecule has 1 saturated carbocycles. The molecule has 0 bridgehead atoms. The van der Waals surface area contributed by atoms with Crippen LogP contribution in [-0.2, 0) is 15.3 Å². The van der Waals surface area contributed by atoms with Crippen LogP contribution in [0.1, 0.15) is 25.3 Å². The zero-order valence-corrected chi connectivity index (χ0v) is 10.1. The first-order valence-electron chi connectivity index (χ1n) is 5.49. The fourth-order valence-electron chi connectivity index (χ4n) is 1.99. The Morgan fingerprint density at radius 3 is 2.44 bits per heavy atom. The highest BCUT2D eigenvalue weighted by atomic mass is 32.2. The van der Waals surface area contributed by atoms with E-state index in [1.165, 1.54) is 0 Å². The monoisotopic (exact) mass is 240 g/mol. The minimum absolute atomic E-state index is 0.0310. The Morgan fingerprint density at radius 2 is 1.94 bits per heavy atom. The molecule has 88 valence electrons. The molecule has 1 aromatic rings. The average molecular weight is 240 g/mol. The molecule has 1 aliphatic carbocycles. The van der Waals surface area contributed by atoms with E-state index < -0.39 is 9.84 Å². The van der Waals surface area contributed by atoms with E-state index in [2.05, 4.69) is 0 Å². The second kappa shape index (κ2) is 3.86. The number of hydrogen-bond donors (Lipinski definition) is 1. The maximum atomic E-state index is 11.9. The van der Waals surface area contributed by atoms with Crippen molar-refractivity contribution in [3.8, 4) is 0 Å². The lowest BCUT2D eigenvalue weighted by atomic mass is 9.97. The third-order valence-corrected chi connectivity index (χ3v) is 5.12. The van der Waals surface area contributed by atoms with E-state index in [0.717, 1.165) is 18.4 Å². The lowest BCUT2D eigenvalue weighted by molar-refractivity contribution is 0.253. The Bertz CT molecular complexity index is 487. The lowest BCUT2D eigenvalue weighted by Gasteiger charge is -2.16. The molecule has 0 radical (unpaired) electrons. The second-order valence-corrected chi connectivity index (χ2v) is 6.58. The molecule has 0 amide bonds. The van der Waals surface area contributed by atoms with Crippen LogP contribution in [0, 0.1) is 0 Å². The van der Waals surface area contributed by atoms with E-state index in [9.17, 15) is 13.5 Å². The predicted molar refractivity (Wildman–Crippen MR) is 62.2 cm³/mol. The number of hydrogen-bond acceptors (Lipinski definition) is 3. The van der Waals surface area contributed by atoms with Gasteiger partial charge in [0.1, 0.15) is 0 Å². The minimum Gasteiger partial charge on any atom is -0.395 e. The van der Waals surface area contributed by atoms with Crippen molar-refractivity contribution in [2.75, 3.05) is 12.4 Å². The van der Waals surface area contributed by atoms with Gasteiger partial charge in [-0.2, -0.15) is 0 Å². The third kappa shape index (κ3) is 1.76. The summed E-state index contributed by atoms with van der Waals surface area (Å²) in [4.78, 5) is 0.393. The van der Waals surface area contributed by atoms with E-state index in [4.69, 9.17) is 0 Å². The molecular formula is C12H16O3S. The molecule has 1 aromatic carbocycles. The number of sulfone groups is 1. The highest BCUT2D eigenvalue weighted by molar-refractivity contribution is 7.91. The largest absolute Gasteiger partial charge is 0.395 e. The van der Waals surface area contributed by atoms with Gasteiger partial charge in [-0.1, -0.05) is 25.1 Å². The summed E-state index contributed by atoms with van der Waals surface area (Å²) in [6.07, 6.45) is 1.75. The van der Waals surface area contributed by atoms with Crippen molar-refractivity contribution < 1.29 is 13.5 Å². The SMILES string of the molecule is CCS(=O)(=O)c1ccccc1C1(CO)CC1. The summed E-state index contributed by atoms with van der Waals surface area (Å²) >= 11 is 0. The van der Waals surface area contributed by atoms with Crippen molar-refractivity contribution in [3.05, 3.63) is 29.8 Å². The van der Waals surface area contributed by atoms with Crippen LogP contribution in [0.4, 0.5) is 0 Å². The van der Waals surface area contributed by atoms with Gasteiger partial charge in [-0.3, -0.25) is 0 Å². The van der Waals surface area contributed by atoms with Gasteiger partial charge in [0.15, 0.2) is 9.84 Å². The first kappa shape index (κ1) is 11.6. The summed E-state index contributed by atoms with van der Waals surface area (Å²) in [5, 5.41) is 9.38. The Morgan fingerprint density at radius 1 is 1.31 bits per heavy atom. The average Bonchev–Trinajstić information content (AvgIpc) is 3.10. The van der Waals surface area contributed by atoms with Crippen LogP contribution in [0.15, 0.2) is 29.2 Å². The van der Waals surface area contributed by atoms with Gasteiger partial charge in [0.05, 0.1) is 17.3 Å². The van der Waals surface area contributed by atoms with E-state index in [1.54, 1.807) is 19.1 Å². The molecule has 1 N–H and O–H groups in total. The van der Waals surface area contributed by atoms with Gasteiger partial charge < -0.3 is 5.11 Å². The normalized spacial score (nSPS) is 18.4. The molecular weight excluding hydrogens is 224 g/mol. The Balaban J connectivity index is 2.56. The molecule has 0 saturated heterocycles. The molecule has 2 rings (SSSR count). The Kier molecular flexibility index (Phi) is 2.80. The van der Waals surface area contributed by atoms with Crippen LogP contribution < -0.4 is 0 Å². The van der Waals surface area contributed by atoms with Gasteiger partial charge in [0.25, 0.3) is 0 Å². The van der Waals surface area contributed by atoms with Crippen molar-refractivity contribution in [2.24, 2.45) is 0 Å². The zero-order chi connectivity index (χ0) is 11.8. The quantitative estimate of drug-likeness (QED) is 0.867.